The highest BCUT2D eigenvalue weighted by Gasteiger charge is 2.21. The summed E-state index contributed by atoms with van der Waals surface area (Å²) in [5, 5.41) is 4.73. The predicted octanol–water partition coefficient (Wildman–Crippen LogP) is 5.40. The van der Waals surface area contributed by atoms with Gasteiger partial charge >= 0.3 is 6.01 Å². The fourth-order valence-electron chi connectivity index (χ4n) is 4.06. The van der Waals surface area contributed by atoms with E-state index in [1.54, 1.807) is 11.3 Å². The number of hydrogen-bond donors (Lipinski definition) is 1. The molecule has 1 aliphatic carbocycles. The van der Waals surface area contributed by atoms with Gasteiger partial charge in [-0.1, -0.05) is 36.2 Å². The summed E-state index contributed by atoms with van der Waals surface area (Å²) in [7, 11) is 2.14. The van der Waals surface area contributed by atoms with E-state index in [4.69, 9.17) is 21.3 Å². The van der Waals surface area contributed by atoms with Crippen LogP contribution in [0, 0.1) is 0 Å². The Morgan fingerprint density at radius 2 is 2.00 bits per heavy atom. The van der Waals surface area contributed by atoms with Gasteiger partial charge in [-0.2, -0.15) is 9.97 Å². The van der Waals surface area contributed by atoms with Gasteiger partial charge in [0.1, 0.15) is 17.4 Å². The first kappa shape index (κ1) is 22.1. The van der Waals surface area contributed by atoms with Crippen LogP contribution in [0.5, 0.6) is 11.8 Å². The minimum atomic E-state index is 0.266. The summed E-state index contributed by atoms with van der Waals surface area (Å²) < 4.78 is 6.15. The molecular weight excluding hydrogens is 456 g/mol. The third kappa shape index (κ3) is 4.83. The zero-order valence-corrected chi connectivity index (χ0v) is 20.6. The maximum absolute atomic E-state index is 6.70. The topological polar surface area (TPSA) is 66.4 Å². The molecule has 0 radical (unpaired) electrons. The molecular formula is C24H27ClN6OS. The number of nitrogens with one attached hydrogen (secondary N) is 1. The number of halogens is 1. The summed E-state index contributed by atoms with van der Waals surface area (Å²) in [4.78, 5) is 19.6. The van der Waals surface area contributed by atoms with E-state index in [-0.39, 0.29) is 6.01 Å². The summed E-state index contributed by atoms with van der Waals surface area (Å²) in [6, 6.07) is 6.19. The quantitative estimate of drug-likeness (QED) is 0.504. The second-order valence-electron chi connectivity index (χ2n) is 8.51. The fraction of sp³-hybridized carbons (Fsp3) is 0.375. The Labute approximate surface area is 203 Å². The lowest BCUT2D eigenvalue weighted by atomic mass is 10.1. The van der Waals surface area contributed by atoms with Gasteiger partial charge in [0.2, 0.25) is 0 Å². The maximum atomic E-state index is 6.70. The van der Waals surface area contributed by atoms with Crippen LogP contribution in [0.3, 0.4) is 0 Å². The highest BCUT2D eigenvalue weighted by Crippen LogP contribution is 2.39. The third-order valence-corrected chi connectivity index (χ3v) is 7.40. The van der Waals surface area contributed by atoms with Crippen LogP contribution in [0.25, 0.3) is 6.08 Å². The molecule has 3 heterocycles. The lowest BCUT2D eigenvalue weighted by Crippen LogP contribution is -2.44. The van der Waals surface area contributed by atoms with Gasteiger partial charge < -0.3 is 19.9 Å². The van der Waals surface area contributed by atoms with Crippen LogP contribution in [-0.2, 0) is 12.8 Å². The van der Waals surface area contributed by atoms with Crippen molar-refractivity contribution in [2.45, 2.75) is 26.7 Å². The molecule has 1 N–H and O–H groups in total. The van der Waals surface area contributed by atoms with Gasteiger partial charge in [-0.15, -0.1) is 11.3 Å². The Morgan fingerprint density at radius 1 is 1.18 bits per heavy atom. The molecule has 3 aromatic rings. The molecule has 1 fully saturated rings. The molecule has 5 rings (SSSR count). The van der Waals surface area contributed by atoms with Crippen molar-refractivity contribution < 1.29 is 4.74 Å². The SMILES string of the molecule is CCc1cnc(Nc2cc(N3CCN(C)CC3)nc(Oc3ccc4c(c3Cl)C=C(C)C4)n2)s1. The number of likely N-dealkylation sites (N-methyl/N-ethyl adjacent to an activating group) is 1. The number of rotatable bonds is 6. The van der Waals surface area contributed by atoms with E-state index in [0.29, 0.717) is 16.6 Å². The first-order valence-corrected chi connectivity index (χ1v) is 12.4. The summed E-state index contributed by atoms with van der Waals surface area (Å²) in [5.41, 5.74) is 3.53. The molecule has 172 valence electrons. The van der Waals surface area contributed by atoms with Gasteiger partial charge in [0, 0.05) is 48.9 Å². The van der Waals surface area contributed by atoms with E-state index >= 15 is 0 Å². The third-order valence-electron chi connectivity index (χ3n) is 5.95. The van der Waals surface area contributed by atoms with Crippen molar-refractivity contribution in [3.05, 3.63) is 51.0 Å². The van der Waals surface area contributed by atoms with E-state index in [9.17, 15) is 0 Å². The van der Waals surface area contributed by atoms with Crippen LogP contribution in [0.1, 0.15) is 29.9 Å². The standard InChI is InChI=1S/C24H27ClN6OS/c1-4-17-14-26-24(33-17)28-20-13-21(31-9-7-30(3)8-10-31)29-23(27-20)32-19-6-5-16-11-15(2)12-18(16)22(19)25/h5-6,12-14H,4,7-11H2,1-3H3,(H,26,27,28,29). The average molecular weight is 483 g/mol. The first-order valence-electron chi connectivity index (χ1n) is 11.2. The molecule has 0 bridgehead atoms. The Kier molecular flexibility index (Phi) is 6.23. The van der Waals surface area contributed by atoms with Crippen LogP contribution in [0.15, 0.2) is 30.0 Å². The predicted molar refractivity (Wildman–Crippen MR) is 135 cm³/mol. The molecule has 0 saturated carbocycles. The fourth-order valence-corrected chi connectivity index (χ4v) is 5.09. The Hall–Kier alpha value is -2.68. The Morgan fingerprint density at radius 3 is 2.76 bits per heavy atom. The van der Waals surface area contributed by atoms with E-state index in [1.165, 1.54) is 16.0 Å². The van der Waals surface area contributed by atoms with Crippen molar-refractivity contribution >= 4 is 45.8 Å². The van der Waals surface area contributed by atoms with Crippen LogP contribution in [0.2, 0.25) is 5.02 Å². The molecule has 0 unspecified atom stereocenters. The molecule has 1 aromatic carbocycles. The summed E-state index contributed by atoms with van der Waals surface area (Å²) in [6.07, 6.45) is 5.89. The zero-order valence-electron chi connectivity index (χ0n) is 19.1. The van der Waals surface area contributed by atoms with Crippen molar-refractivity contribution in [3.8, 4) is 11.8 Å². The van der Waals surface area contributed by atoms with Crippen LogP contribution >= 0.6 is 22.9 Å². The second-order valence-corrected chi connectivity index (χ2v) is 10.0. The molecule has 33 heavy (non-hydrogen) atoms. The van der Waals surface area contributed by atoms with E-state index in [2.05, 4.69) is 58.1 Å². The van der Waals surface area contributed by atoms with E-state index < -0.39 is 0 Å². The Bertz CT molecular complexity index is 1200. The van der Waals surface area contributed by atoms with Gasteiger partial charge in [0.05, 0.1) is 5.02 Å². The minimum Gasteiger partial charge on any atom is -0.423 e. The second kappa shape index (κ2) is 9.29. The number of aromatic nitrogens is 3. The number of benzene rings is 1. The molecule has 2 aromatic heterocycles. The smallest absolute Gasteiger partial charge is 0.325 e. The van der Waals surface area contributed by atoms with Crippen LogP contribution in [0.4, 0.5) is 16.8 Å². The van der Waals surface area contributed by atoms with Crippen molar-refractivity contribution in [2.75, 3.05) is 43.4 Å². The van der Waals surface area contributed by atoms with Gasteiger partial charge in [-0.3, -0.25) is 0 Å². The number of nitrogens with zero attached hydrogens (tertiary/aromatic N) is 5. The maximum Gasteiger partial charge on any atom is 0.325 e. The number of thiazole rings is 1. The summed E-state index contributed by atoms with van der Waals surface area (Å²) in [6.45, 7) is 7.99. The average Bonchev–Trinajstić information content (AvgIpc) is 3.42. The number of hydrogen-bond acceptors (Lipinski definition) is 8. The lowest BCUT2D eigenvalue weighted by molar-refractivity contribution is 0.311. The highest BCUT2D eigenvalue weighted by atomic mass is 35.5. The molecule has 0 atom stereocenters. The first-order chi connectivity index (χ1) is 16.0. The van der Waals surface area contributed by atoms with Gasteiger partial charge in [-0.25, -0.2) is 4.98 Å². The van der Waals surface area contributed by atoms with Crippen molar-refractivity contribution in [3.63, 3.8) is 0 Å². The van der Waals surface area contributed by atoms with Crippen molar-refractivity contribution in [2.24, 2.45) is 0 Å². The number of aryl methyl sites for hydroxylation is 1. The van der Waals surface area contributed by atoms with Crippen LogP contribution in [-0.4, -0.2) is 53.1 Å². The number of ether oxygens (including phenoxy) is 1. The van der Waals surface area contributed by atoms with Gasteiger partial charge in [-0.05, 0) is 38.4 Å². The van der Waals surface area contributed by atoms with Gasteiger partial charge in [0.15, 0.2) is 5.13 Å². The normalized spacial score (nSPS) is 16.0. The van der Waals surface area contributed by atoms with Crippen LogP contribution < -0.4 is 15.0 Å². The molecule has 0 spiro atoms. The summed E-state index contributed by atoms with van der Waals surface area (Å²) >= 11 is 8.32. The number of piperazine rings is 1. The van der Waals surface area contributed by atoms with Crippen molar-refractivity contribution in [1.29, 1.82) is 0 Å². The van der Waals surface area contributed by atoms with E-state index in [0.717, 1.165) is 55.5 Å². The number of anilines is 3. The van der Waals surface area contributed by atoms with E-state index in [1.807, 2.05) is 18.3 Å². The highest BCUT2D eigenvalue weighted by molar-refractivity contribution is 7.15. The number of fused-ring (bicyclic) bond motifs is 1. The molecule has 1 aliphatic heterocycles. The Balaban J connectivity index is 1.47. The zero-order chi connectivity index (χ0) is 22.9. The van der Waals surface area contributed by atoms with Crippen molar-refractivity contribution in [1.82, 2.24) is 19.9 Å². The monoisotopic (exact) mass is 482 g/mol. The summed E-state index contributed by atoms with van der Waals surface area (Å²) in [5.74, 6) is 2.04. The lowest BCUT2D eigenvalue weighted by Gasteiger charge is -2.33. The van der Waals surface area contributed by atoms with Gasteiger partial charge in [0.25, 0.3) is 0 Å². The molecule has 7 nitrogen and oxygen atoms in total. The number of allylic oxidation sites excluding steroid dienone is 1. The molecule has 9 heteroatoms. The minimum absolute atomic E-state index is 0.266. The molecule has 0 amide bonds. The largest absolute Gasteiger partial charge is 0.423 e. The molecule has 2 aliphatic rings. The molecule has 1 saturated heterocycles.